The van der Waals surface area contributed by atoms with E-state index in [2.05, 4.69) is 4.90 Å². The smallest absolute Gasteiger partial charge is 0.254 e. The van der Waals surface area contributed by atoms with Gasteiger partial charge in [0.25, 0.3) is 5.91 Å². The summed E-state index contributed by atoms with van der Waals surface area (Å²) in [5.74, 6) is 1.11. The van der Waals surface area contributed by atoms with Crippen LogP contribution in [0.5, 0.6) is 5.75 Å². The van der Waals surface area contributed by atoms with Crippen LogP contribution in [-0.4, -0.2) is 94.2 Å². The van der Waals surface area contributed by atoms with Gasteiger partial charge in [-0.15, -0.1) is 0 Å². The summed E-state index contributed by atoms with van der Waals surface area (Å²) in [6, 6.07) is 5.57. The van der Waals surface area contributed by atoms with Crippen LogP contribution in [0.15, 0.2) is 18.2 Å². The second kappa shape index (κ2) is 8.09. The van der Waals surface area contributed by atoms with Crippen LogP contribution in [0, 0.1) is 18.3 Å². The molecule has 0 bridgehead atoms. The van der Waals surface area contributed by atoms with E-state index in [0.717, 1.165) is 17.9 Å². The SMILES string of the molecule is COCC(=O)N1C[C@@H]2CN(C(=O)c3ccc(OC)cc3C)C[C@]2(CN(C)C)C1. The van der Waals surface area contributed by atoms with Crippen LogP contribution in [0.3, 0.4) is 0 Å². The first-order valence-corrected chi connectivity index (χ1v) is 9.65. The fraction of sp³-hybridized carbons (Fsp3) is 0.619. The predicted octanol–water partition coefficient (Wildman–Crippen LogP) is 1.11. The molecule has 7 nitrogen and oxygen atoms in total. The second-order valence-corrected chi connectivity index (χ2v) is 8.37. The van der Waals surface area contributed by atoms with Crippen LogP contribution in [0.2, 0.25) is 0 Å². The van der Waals surface area contributed by atoms with Gasteiger partial charge in [-0.2, -0.15) is 0 Å². The van der Waals surface area contributed by atoms with Crippen molar-refractivity contribution < 1.29 is 19.1 Å². The van der Waals surface area contributed by atoms with Crippen molar-refractivity contribution in [1.29, 1.82) is 0 Å². The number of fused-ring (bicyclic) bond motifs is 1. The minimum Gasteiger partial charge on any atom is -0.497 e. The molecule has 2 atom stereocenters. The highest BCUT2D eigenvalue weighted by Gasteiger charge is 2.54. The van der Waals surface area contributed by atoms with Crippen molar-refractivity contribution in [3.05, 3.63) is 29.3 Å². The van der Waals surface area contributed by atoms with E-state index in [1.54, 1.807) is 14.2 Å². The minimum atomic E-state index is -0.0943. The van der Waals surface area contributed by atoms with Crippen molar-refractivity contribution in [3.63, 3.8) is 0 Å². The lowest BCUT2D eigenvalue weighted by Crippen LogP contribution is -2.44. The van der Waals surface area contributed by atoms with Gasteiger partial charge >= 0.3 is 0 Å². The Bertz CT molecular complexity index is 751. The first-order valence-electron chi connectivity index (χ1n) is 9.65. The van der Waals surface area contributed by atoms with Gasteiger partial charge < -0.3 is 24.2 Å². The molecule has 0 radical (unpaired) electrons. The molecule has 2 heterocycles. The Morgan fingerprint density at radius 1 is 1.18 bits per heavy atom. The largest absolute Gasteiger partial charge is 0.497 e. The van der Waals surface area contributed by atoms with Gasteiger partial charge in [0.2, 0.25) is 5.91 Å². The topological polar surface area (TPSA) is 62.3 Å². The van der Waals surface area contributed by atoms with E-state index >= 15 is 0 Å². The molecule has 3 rings (SSSR count). The highest BCUT2D eigenvalue weighted by molar-refractivity contribution is 5.96. The van der Waals surface area contributed by atoms with E-state index < -0.39 is 0 Å². The maximum absolute atomic E-state index is 13.2. The lowest BCUT2D eigenvalue weighted by atomic mass is 9.80. The van der Waals surface area contributed by atoms with Crippen molar-refractivity contribution in [2.45, 2.75) is 6.92 Å². The third kappa shape index (κ3) is 3.86. The van der Waals surface area contributed by atoms with Gasteiger partial charge in [0, 0.05) is 56.7 Å². The average Bonchev–Trinajstić information content (AvgIpc) is 3.14. The molecular weight excluding hydrogens is 358 g/mol. The minimum absolute atomic E-state index is 0.0268. The van der Waals surface area contributed by atoms with Crippen molar-refractivity contribution >= 4 is 11.8 Å². The molecule has 1 aromatic rings. The predicted molar refractivity (Wildman–Crippen MR) is 107 cm³/mol. The fourth-order valence-corrected chi connectivity index (χ4v) is 4.77. The van der Waals surface area contributed by atoms with E-state index in [4.69, 9.17) is 9.47 Å². The van der Waals surface area contributed by atoms with Crippen LogP contribution in [0.1, 0.15) is 15.9 Å². The second-order valence-electron chi connectivity index (χ2n) is 8.37. The van der Waals surface area contributed by atoms with Gasteiger partial charge in [0.05, 0.1) is 7.11 Å². The van der Waals surface area contributed by atoms with Crippen LogP contribution in [0.25, 0.3) is 0 Å². The molecule has 0 spiro atoms. The van der Waals surface area contributed by atoms with Gasteiger partial charge in [0.1, 0.15) is 12.4 Å². The standard InChI is InChI=1S/C21H31N3O4/c1-15-8-17(28-5)6-7-18(15)20(26)24-10-16-9-23(19(25)11-27-4)13-21(16,14-24)12-22(2)3/h6-8,16H,9-14H2,1-5H3/t16-,21+/m1/s1. The van der Waals surface area contributed by atoms with Crippen molar-refractivity contribution in [1.82, 2.24) is 14.7 Å². The van der Waals surface area contributed by atoms with E-state index in [1.165, 1.54) is 0 Å². The number of methoxy groups -OCH3 is 2. The Morgan fingerprint density at radius 3 is 2.46 bits per heavy atom. The summed E-state index contributed by atoms with van der Waals surface area (Å²) in [4.78, 5) is 31.6. The third-order valence-electron chi connectivity index (χ3n) is 5.96. The molecule has 2 amide bonds. The van der Waals surface area contributed by atoms with Crippen molar-refractivity contribution in [3.8, 4) is 5.75 Å². The third-order valence-corrected chi connectivity index (χ3v) is 5.96. The summed E-state index contributed by atoms with van der Waals surface area (Å²) in [7, 11) is 7.26. The number of nitrogens with zero attached hydrogens (tertiary/aromatic N) is 3. The molecule has 2 aliphatic heterocycles. The molecule has 0 aromatic heterocycles. The Hall–Kier alpha value is -2.12. The summed E-state index contributed by atoms with van der Waals surface area (Å²) in [6.45, 7) is 5.59. The highest BCUT2D eigenvalue weighted by Crippen LogP contribution is 2.43. The lowest BCUT2D eigenvalue weighted by Gasteiger charge is -2.32. The highest BCUT2D eigenvalue weighted by atomic mass is 16.5. The quantitative estimate of drug-likeness (QED) is 0.730. The van der Waals surface area contributed by atoms with Gasteiger partial charge in [0.15, 0.2) is 0 Å². The molecule has 0 unspecified atom stereocenters. The number of amides is 2. The number of carbonyl (C=O) groups is 2. The number of hydrogen-bond donors (Lipinski definition) is 0. The zero-order chi connectivity index (χ0) is 20.5. The van der Waals surface area contributed by atoms with Gasteiger partial charge in [-0.1, -0.05) is 0 Å². The first-order chi connectivity index (χ1) is 13.3. The van der Waals surface area contributed by atoms with E-state index in [1.807, 2.05) is 49.0 Å². The monoisotopic (exact) mass is 389 g/mol. The fourth-order valence-electron chi connectivity index (χ4n) is 4.77. The van der Waals surface area contributed by atoms with Crippen LogP contribution in [0.4, 0.5) is 0 Å². The first kappa shape index (κ1) is 20.6. The summed E-state index contributed by atoms with van der Waals surface area (Å²) >= 11 is 0. The van der Waals surface area contributed by atoms with Gasteiger partial charge in [-0.3, -0.25) is 9.59 Å². The molecule has 154 valence electrons. The summed E-state index contributed by atoms with van der Waals surface area (Å²) in [5, 5.41) is 0. The molecule has 28 heavy (non-hydrogen) atoms. The molecule has 2 saturated heterocycles. The van der Waals surface area contributed by atoms with E-state index in [9.17, 15) is 9.59 Å². The maximum Gasteiger partial charge on any atom is 0.254 e. The molecule has 1 aromatic carbocycles. The Morgan fingerprint density at radius 2 is 1.86 bits per heavy atom. The molecule has 2 aliphatic rings. The lowest BCUT2D eigenvalue weighted by molar-refractivity contribution is -0.134. The van der Waals surface area contributed by atoms with Crippen LogP contribution in [-0.2, 0) is 9.53 Å². The summed E-state index contributed by atoms with van der Waals surface area (Å²) in [5.41, 5.74) is 1.54. The normalized spacial score (nSPS) is 24.0. The zero-order valence-electron chi connectivity index (χ0n) is 17.5. The van der Waals surface area contributed by atoms with Gasteiger partial charge in [-0.25, -0.2) is 0 Å². The molecule has 7 heteroatoms. The molecule has 0 aliphatic carbocycles. The van der Waals surface area contributed by atoms with E-state index in [-0.39, 0.29) is 29.8 Å². The number of rotatable bonds is 6. The average molecular weight is 389 g/mol. The summed E-state index contributed by atoms with van der Waals surface area (Å²) < 4.78 is 10.3. The Kier molecular flexibility index (Phi) is 5.95. The molecule has 0 N–H and O–H groups in total. The molecular formula is C21H31N3O4. The number of likely N-dealkylation sites (tertiary alicyclic amines) is 2. The Balaban J connectivity index is 1.79. The number of ether oxygens (including phenoxy) is 2. The van der Waals surface area contributed by atoms with E-state index in [0.29, 0.717) is 31.7 Å². The number of carbonyl (C=O) groups excluding carboxylic acids is 2. The van der Waals surface area contributed by atoms with Crippen molar-refractivity contribution in [2.75, 3.05) is 67.6 Å². The summed E-state index contributed by atoms with van der Waals surface area (Å²) in [6.07, 6.45) is 0. The number of benzene rings is 1. The van der Waals surface area contributed by atoms with Crippen molar-refractivity contribution in [2.24, 2.45) is 11.3 Å². The number of hydrogen-bond acceptors (Lipinski definition) is 5. The maximum atomic E-state index is 13.2. The Labute approximate surface area is 167 Å². The molecule has 2 fully saturated rings. The zero-order valence-corrected chi connectivity index (χ0v) is 17.5. The van der Waals surface area contributed by atoms with Crippen LogP contribution < -0.4 is 4.74 Å². The van der Waals surface area contributed by atoms with Crippen LogP contribution >= 0.6 is 0 Å². The molecule has 0 saturated carbocycles. The van der Waals surface area contributed by atoms with Gasteiger partial charge in [-0.05, 0) is 44.8 Å². The number of aryl methyl sites for hydroxylation is 1.